The summed E-state index contributed by atoms with van der Waals surface area (Å²) in [5, 5.41) is 3.19. The van der Waals surface area contributed by atoms with Gasteiger partial charge in [-0.15, -0.1) is 0 Å². The van der Waals surface area contributed by atoms with Crippen molar-refractivity contribution in [2.75, 3.05) is 5.32 Å². The zero-order valence-electron chi connectivity index (χ0n) is 11.6. The predicted molar refractivity (Wildman–Crippen MR) is 82.4 cm³/mol. The summed E-state index contributed by atoms with van der Waals surface area (Å²) < 4.78 is 0. The molecule has 3 nitrogen and oxygen atoms in total. The average Bonchev–Trinajstić information content (AvgIpc) is 2.47. The van der Waals surface area contributed by atoms with Gasteiger partial charge in [-0.3, -0.25) is 4.79 Å². The Labute approximate surface area is 124 Å². The third kappa shape index (κ3) is 2.99. The molecule has 1 amide bonds. The number of carbonyl (C=O) groups is 1. The number of aryl methyl sites for hydroxylation is 2. The maximum absolute atomic E-state index is 12.3. The number of nitrogens with zero attached hydrogens (tertiary/aromatic N) is 1. The number of para-hydroxylation sites is 1. The van der Waals surface area contributed by atoms with E-state index in [1.165, 1.54) is 0 Å². The number of anilines is 1. The van der Waals surface area contributed by atoms with E-state index in [1.807, 2.05) is 18.2 Å². The van der Waals surface area contributed by atoms with Gasteiger partial charge in [-0.2, -0.15) is 0 Å². The van der Waals surface area contributed by atoms with E-state index in [0.29, 0.717) is 5.56 Å². The van der Waals surface area contributed by atoms with Crippen molar-refractivity contribution in [3.8, 4) is 0 Å². The minimum atomic E-state index is -0.223. The lowest BCUT2D eigenvalue weighted by Crippen LogP contribution is -2.15. The molecule has 0 saturated carbocycles. The fourth-order valence-electron chi connectivity index (χ4n) is 2.14. The lowest BCUT2D eigenvalue weighted by atomic mass is 10.0. The number of carbonyl (C=O) groups excluding carboxylic acids is 1. The van der Waals surface area contributed by atoms with Crippen molar-refractivity contribution in [2.45, 2.75) is 26.7 Å². The van der Waals surface area contributed by atoms with Crippen LogP contribution in [0.3, 0.4) is 0 Å². The summed E-state index contributed by atoms with van der Waals surface area (Å²) in [6.45, 7) is 4.14. The number of halogens is 1. The Morgan fingerprint density at radius 3 is 2.35 bits per heavy atom. The van der Waals surface area contributed by atoms with Crippen LogP contribution in [0.1, 0.15) is 35.3 Å². The number of rotatable bonds is 4. The fraction of sp³-hybridized carbons (Fsp3) is 0.250. The van der Waals surface area contributed by atoms with Crippen molar-refractivity contribution < 1.29 is 4.79 Å². The van der Waals surface area contributed by atoms with Crippen LogP contribution in [0.15, 0.2) is 36.5 Å². The van der Waals surface area contributed by atoms with Crippen molar-refractivity contribution in [3.05, 3.63) is 58.4 Å². The second-order valence-electron chi connectivity index (χ2n) is 4.45. The van der Waals surface area contributed by atoms with E-state index in [2.05, 4.69) is 24.1 Å². The zero-order chi connectivity index (χ0) is 14.5. The highest BCUT2D eigenvalue weighted by Gasteiger charge is 2.14. The van der Waals surface area contributed by atoms with Crippen LogP contribution in [0, 0.1) is 0 Å². The van der Waals surface area contributed by atoms with Crippen LogP contribution in [0.2, 0.25) is 5.15 Å². The van der Waals surface area contributed by atoms with Gasteiger partial charge < -0.3 is 5.32 Å². The van der Waals surface area contributed by atoms with Crippen LogP contribution in [0.4, 0.5) is 5.69 Å². The van der Waals surface area contributed by atoms with E-state index in [4.69, 9.17) is 11.6 Å². The van der Waals surface area contributed by atoms with Crippen LogP contribution in [0.25, 0.3) is 0 Å². The first-order chi connectivity index (χ1) is 9.67. The first kappa shape index (κ1) is 14.5. The number of pyridine rings is 1. The summed E-state index contributed by atoms with van der Waals surface area (Å²) in [4.78, 5) is 16.3. The Balaban J connectivity index is 2.35. The molecule has 20 heavy (non-hydrogen) atoms. The number of hydrogen-bond acceptors (Lipinski definition) is 2. The first-order valence-corrected chi connectivity index (χ1v) is 7.07. The summed E-state index contributed by atoms with van der Waals surface area (Å²) in [7, 11) is 0. The summed E-state index contributed by atoms with van der Waals surface area (Å²) in [6, 6.07) is 9.45. The Hall–Kier alpha value is -1.87. The number of benzene rings is 1. The van der Waals surface area contributed by atoms with Gasteiger partial charge in [0.1, 0.15) is 5.15 Å². The van der Waals surface area contributed by atoms with Crippen LogP contribution in [-0.4, -0.2) is 10.9 Å². The highest BCUT2D eigenvalue weighted by Crippen LogP contribution is 2.24. The molecular weight excluding hydrogens is 272 g/mol. The quantitative estimate of drug-likeness (QED) is 0.860. The zero-order valence-corrected chi connectivity index (χ0v) is 12.4. The molecule has 2 rings (SSSR count). The van der Waals surface area contributed by atoms with Crippen LogP contribution >= 0.6 is 11.6 Å². The molecule has 1 heterocycles. The highest BCUT2D eigenvalue weighted by atomic mass is 35.5. The van der Waals surface area contributed by atoms with Crippen LogP contribution in [0.5, 0.6) is 0 Å². The topological polar surface area (TPSA) is 42.0 Å². The van der Waals surface area contributed by atoms with E-state index >= 15 is 0 Å². The standard InChI is InChI=1S/C16H17ClN2O/c1-3-11-7-5-8-12(4-2)14(11)19-16(20)13-9-6-10-18-15(13)17/h5-10H,3-4H2,1-2H3,(H,19,20). The van der Waals surface area contributed by atoms with Gasteiger partial charge in [-0.05, 0) is 36.1 Å². The largest absolute Gasteiger partial charge is 0.321 e. The monoisotopic (exact) mass is 288 g/mol. The molecule has 1 N–H and O–H groups in total. The summed E-state index contributed by atoms with van der Waals surface area (Å²) in [5.74, 6) is -0.223. The Bertz CT molecular complexity index is 603. The van der Waals surface area contributed by atoms with E-state index in [9.17, 15) is 4.79 Å². The molecule has 0 aliphatic heterocycles. The maximum atomic E-state index is 12.3. The van der Waals surface area contributed by atoms with Crippen LogP contribution in [-0.2, 0) is 12.8 Å². The molecule has 1 aromatic carbocycles. The molecule has 0 saturated heterocycles. The average molecular weight is 289 g/mol. The number of aromatic nitrogens is 1. The maximum Gasteiger partial charge on any atom is 0.258 e. The molecule has 0 bridgehead atoms. The van der Waals surface area contributed by atoms with Gasteiger partial charge in [0.2, 0.25) is 0 Å². The lowest BCUT2D eigenvalue weighted by molar-refractivity contribution is 0.102. The molecule has 4 heteroatoms. The lowest BCUT2D eigenvalue weighted by Gasteiger charge is -2.14. The molecular formula is C16H17ClN2O. The van der Waals surface area contributed by atoms with Gasteiger partial charge in [0.05, 0.1) is 5.56 Å². The highest BCUT2D eigenvalue weighted by molar-refractivity contribution is 6.33. The van der Waals surface area contributed by atoms with Gasteiger partial charge in [-0.25, -0.2) is 4.98 Å². The second kappa shape index (κ2) is 6.53. The molecule has 0 radical (unpaired) electrons. The SMILES string of the molecule is CCc1cccc(CC)c1NC(=O)c1cccnc1Cl. The van der Waals surface area contributed by atoms with Gasteiger partial charge in [0.15, 0.2) is 0 Å². The number of nitrogens with one attached hydrogen (secondary N) is 1. The predicted octanol–water partition coefficient (Wildman–Crippen LogP) is 4.11. The molecule has 0 spiro atoms. The van der Waals surface area contributed by atoms with Crippen molar-refractivity contribution in [1.29, 1.82) is 0 Å². The van der Waals surface area contributed by atoms with E-state index in [0.717, 1.165) is 29.7 Å². The molecule has 0 unspecified atom stereocenters. The Kier molecular flexibility index (Phi) is 4.74. The summed E-state index contributed by atoms with van der Waals surface area (Å²) >= 11 is 5.96. The van der Waals surface area contributed by atoms with Crippen LogP contribution < -0.4 is 5.32 Å². The molecule has 1 aromatic heterocycles. The molecule has 2 aromatic rings. The van der Waals surface area contributed by atoms with E-state index in [1.54, 1.807) is 18.3 Å². The van der Waals surface area contributed by atoms with Gasteiger partial charge in [0, 0.05) is 11.9 Å². The third-order valence-electron chi connectivity index (χ3n) is 3.24. The molecule has 0 atom stereocenters. The minimum Gasteiger partial charge on any atom is -0.321 e. The van der Waals surface area contributed by atoms with E-state index in [-0.39, 0.29) is 11.1 Å². The van der Waals surface area contributed by atoms with Crippen molar-refractivity contribution in [2.24, 2.45) is 0 Å². The van der Waals surface area contributed by atoms with Crippen molar-refractivity contribution >= 4 is 23.2 Å². The summed E-state index contributed by atoms with van der Waals surface area (Å²) in [6.07, 6.45) is 3.30. The van der Waals surface area contributed by atoms with Crippen molar-refractivity contribution in [3.63, 3.8) is 0 Å². The smallest absolute Gasteiger partial charge is 0.258 e. The normalized spacial score (nSPS) is 10.3. The molecule has 0 aliphatic rings. The van der Waals surface area contributed by atoms with Gasteiger partial charge in [-0.1, -0.05) is 43.6 Å². The Morgan fingerprint density at radius 2 is 1.80 bits per heavy atom. The Morgan fingerprint density at radius 1 is 1.15 bits per heavy atom. The van der Waals surface area contributed by atoms with Gasteiger partial charge >= 0.3 is 0 Å². The van der Waals surface area contributed by atoms with Gasteiger partial charge in [0.25, 0.3) is 5.91 Å². The first-order valence-electron chi connectivity index (χ1n) is 6.70. The van der Waals surface area contributed by atoms with Crippen molar-refractivity contribution in [1.82, 2.24) is 4.98 Å². The summed E-state index contributed by atoms with van der Waals surface area (Å²) in [5.41, 5.74) is 3.53. The van der Waals surface area contributed by atoms with E-state index < -0.39 is 0 Å². The molecule has 0 aliphatic carbocycles. The fourth-order valence-corrected chi connectivity index (χ4v) is 2.34. The molecule has 0 fully saturated rings. The minimum absolute atomic E-state index is 0.219. The number of hydrogen-bond donors (Lipinski definition) is 1. The third-order valence-corrected chi connectivity index (χ3v) is 3.54. The molecule has 104 valence electrons. The number of amides is 1. The second-order valence-corrected chi connectivity index (χ2v) is 4.81.